The van der Waals surface area contributed by atoms with Crippen LogP contribution in [0.5, 0.6) is 11.5 Å². The molecule has 10 heteroatoms. The van der Waals surface area contributed by atoms with E-state index in [4.69, 9.17) is 14.5 Å². The zero-order valence-corrected chi connectivity index (χ0v) is 24.7. The van der Waals surface area contributed by atoms with E-state index in [1.807, 2.05) is 25.1 Å². The van der Waals surface area contributed by atoms with Crippen LogP contribution in [-0.4, -0.2) is 46.5 Å². The van der Waals surface area contributed by atoms with E-state index in [2.05, 4.69) is 17.6 Å². The number of anilines is 1. The summed E-state index contributed by atoms with van der Waals surface area (Å²) in [5.74, 6) is 1.11. The summed E-state index contributed by atoms with van der Waals surface area (Å²) in [6.45, 7) is 4.59. The number of carbonyl (C=O) groups is 2. The molecule has 2 heterocycles. The summed E-state index contributed by atoms with van der Waals surface area (Å²) in [7, 11) is 0. The molecule has 6 rings (SSSR count). The number of carbonyl (C=O) groups excluding carboxylic acids is 2. The van der Waals surface area contributed by atoms with Gasteiger partial charge >= 0.3 is 0 Å². The fourth-order valence-electron chi connectivity index (χ4n) is 7.78. The average Bonchev–Trinajstić information content (AvgIpc) is 3.62. The maximum absolute atomic E-state index is 13.5. The van der Waals surface area contributed by atoms with E-state index in [1.54, 1.807) is 0 Å². The summed E-state index contributed by atoms with van der Waals surface area (Å²) in [5.41, 5.74) is 0.758. The van der Waals surface area contributed by atoms with Crippen LogP contribution in [0.2, 0.25) is 0 Å². The molecule has 2 saturated carbocycles. The van der Waals surface area contributed by atoms with Gasteiger partial charge in [0, 0.05) is 35.1 Å². The number of thiazole rings is 1. The van der Waals surface area contributed by atoms with Crippen LogP contribution in [0.25, 0.3) is 0 Å². The van der Waals surface area contributed by atoms with Crippen molar-refractivity contribution in [3.8, 4) is 11.5 Å². The van der Waals surface area contributed by atoms with Crippen LogP contribution in [0.4, 0.5) is 5.13 Å². The first-order valence-electron chi connectivity index (χ1n) is 15.0. The van der Waals surface area contributed by atoms with Gasteiger partial charge in [-0.1, -0.05) is 39.2 Å². The summed E-state index contributed by atoms with van der Waals surface area (Å²) in [6, 6.07) is 5.65. The number of rotatable bonds is 7. The molecule has 0 saturated heterocycles. The summed E-state index contributed by atoms with van der Waals surface area (Å²) < 4.78 is 10.9. The maximum Gasteiger partial charge on any atom is 0.231 e. The number of aliphatic hydroxyl groups excluding tert-OH is 2. The Morgan fingerprint density at radius 2 is 1.90 bits per heavy atom. The molecule has 0 unspecified atom stereocenters. The van der Waals surface area contributed by atoms with Crippen molar-refractivity contribution in [3.05, 3.63) is 34.3 Å². The van der Waals surface area contributed by atoms with E-state index in [0.29, 0.717) is 36.0 Å². The molecule has 1 aromatic heterocycles. The molecule has 1 aliphatic heterocycles. The van der Waals surface area contributed by atoms with Gasteiger partial charge in [0.2, 0.25) is 18.6 Å². The monoisotopic (exact) mass is 583 g/mol. The highest BCUT2D eigenvalue weighted by molar-refractivity contribution is 7.15. The number of amides is 2. The molecular formula is C31H41N3O6S. The van der Waals surface area contributed by atoms with E-state index < -0.39 is 11.5 Å². The molecule has 4 N–H and O–H groups in total. The Kier molecular flexibility index (Phi) is 7.76. The first-order valence-corrected chi connectivity index (χ1v) is 15.8. The number of ether oxygens (including phenoxy) is 2. The number of hydrogen-bond acceptors (Lipinski definition) is 8. The third-order valence-electron chi connectivity index (χ3n) is 10.4. The smallest absolute Gasteiger partial charge is 0.231 e. The van der Waals surface area contributed by atoms with E-state index in [-0.39, 0.29) is 54.8 Å². The van der Waals surface area contributed by atoms with Gasteiger partial charge in [-0.15, -0.1) is 11.3 Å². The van der Waals surface area contributed by atoms with Crippen molar-refractivity contribution >= 4 is 28.3 Å². The second-order valence-electron chi connectivity index (χ2n) is 12.9. The van der Waals surface area contributed by atoms with Gasteiger partial charge in [-0.05, 0) is 61.1 Å². The third-order valence-corrected chi connectivity index (χ3v) is 11.4. The third kappa shape index (κ3) is 5.23. The molecule has 9 nitrogen and oxygen atoms in total. The number of aliphatic hydroxyl groups is 2. The minimum absolute atomic E-state index is 0.0235. The van der Waals surface area contributed by atoms with Crippen LogP contribution in [0.15, 0.2) is 18.2 Å². The number of benzene rings is 1. The lowest BCUT2D eigenvalue weighted by Gasteiger charge is -2.58. The molecule has 2 aromatic rings. The second-order valence-corrected chi connectivity index (χ2v) is 13.9. The average molecular weight is 584 g/mol. The summed E-state index contributed by atoms with van der Waals surface area (Å²) in [4.78, 5) is 32.5. The Morgan fingerprint density at radius 1 is 1.12 bits per heavy atom. The number of hydrogen-bond donors (Lipinski definition) is 4. The number of aromatic nitrogens is 1. The minimum atomic E-state index is -0.693. The first kappa shape index (κ1) is 28.4. The van der Waals surface area contributed by atoms with Crippen molar-refractivity contribution < 1.29 is 29.3 Å². The lowest BCUT2D eigenvalue weighted by molar-refractivity contribution is -0.144. The molecule has 0 bridgehead atoms. The Balaban J connectivity index is 1.25. The van der Waals surface area contributed by atoms with Crippen LogP contribution in [-0.2, 0) is 22.6 Å². The molecule has 3 aliphatic carbocycles. The summed E-state index contributed by atoms with van der Waals surface area (Å²) >= 11 is 1.48. The van der Waals surface area contributed by atoms with Crippen LogP contribution in [0, 0.1) is 22.7 Å². The van der Waals surface area contributed by atoms with Crippen molar-refractivity contribution in [1.29, 1.82) is 0 Å². The zero-order chi connectivity index (χ0) is 28.8. The van der Waals surface area contributed by atoms with Gasteiger partial charge in [0.1, 0.15) is 0 Å². The molecule has 1 aromatic carbocycles. The van der Waals surface area contributed by atoms with Crippen LogP contribution in [0.3, 0.4) is 0 Å². The number of nitrogens with one attached hydrogen (secondary N) is 2. The van der Waals surface area contributed by atoms with Gasteiger partial charge in [0.05, 0.1) is 18.4 Å². The van der Waals surface area contributed by atoms with E-state index in [9.17, 15) is 19.8 Å². The first-order chi connectivity index (χ1) is 19.7. The van der Waals surface area contributed by atoms with Crippen LogP contribution >= 0.6 is 11.3 Å². The highest BCUT2D eigenvalue weighted by atomic mass is 32.1. The van der Waals surface area contributed by atoms with Crippen molar-refractivity contribution in [1.82, 2.24) is 10.3 Å². The van der Waals surface area contributed by atoms with Crippen molar-refractivity contribution in [3.63, 3.8) is 0 Å². The molecule has 222 valence electrons. The molecule has 41 heavy (non-hydrogen) atoms. The van der Waals surface area contributed by atoms with Gasteiger partial charge in [-0.2, -0.15) is 0 Å². The Labute approximate surface area is 245 Å². The molecule has 5 atom stereocenters. The van der Waals surface area contributed by atoms with Gasteiger partial charge < -0.3 is 30.3 Å². The predicted molar refractivity (Wildman–Crippen MR) is 155 cm³/mol. The normalized spacial score (nSPS) is 30.8. The van der Waals surface area contributed by atoms with E-state index in [1.165, 1.54) is 17.8 Å². The van der Waals surface area contributed by atoms with Crippen LogP contribution in [0.1, 0.15) is 87.3 Å². The fourth-order valence-corrected chi connectivity index (χ4v) is 8.85. The molecule has 2 amide bonds. The maximum atomic E-state index is 13.5. The van der Waals surface area contributed by atoms with E-state index >= 15 is 0 Å². The lowest BCUT2D eigenvalue weighted by Crippen LogP contribution is -2.57. The highest BCUT2D eigenvalue weighted by Gasteiger charge is 2.59. The molecular weight excluding hydrogens is 542 g/mol. The lowest BCUT2D eigenvalue weighted by atomic mass is 9.47. The standard InChI is InChI=1S/C31H41N3O6S/c1-30-11-10-25(36)31(2,16-35)24(30)14-23-27(33-29(41-23)34-28(38)19-6-4-3-5-7-19)20(30)13-26(37)32-15-18-8-9-21-22(12-18)40-17-39-21/h8-9,12,19-20,24-25,35-36H,3-7,10-11,13-17H2,1-2H3,(H,32,37)(H,33,34,38)/t20-,24+,25-,30+,31+/m1/s1. The molecule has 0 spiro atoms. The Hall–Kier alpha value is -2.69. The van der Waals surface area contributed by atoms with Gasteiger partial charge in [-0.3, -0.25) is 9.59 Å². The SMILES string of the molecule is C[C@]1(CO)[C@H]2Cc3sc(NC(=O)C4CCCCC4)nc3[C@@H](CC(=O)NCc3ccc4c(c3)OCO4)[C@]2(C)CC[C@H]1O. The number of fused-ring (bicyclic) bond motifs is 3. The van der Waals surface area contributed by atoms with Crippen molar-refractivity contribution in [2.45, 2.75) is 90.2 Å². The highest BCUT2D eigenvalue weighted by Crippen LogP contribution is 2.62. The summed E-state index contributed by atoms with van der Waals surface area (Å²) in [6.07, 6.45) is 6.74. The van der Waals surface area contributed by atoms with Gasteiger partial charge in [0.15, 0.2) is 16.6 Å². The Bertz CT molecular complexity index is 1310. The fraction of sp³-hybridized carbons (Fsp3) is 0.645. The molecule has 2 fully saturated rings. The quantitative estimate of drug-likeness (QED) is 0.377. The minimum Gasteiger partial charge on any atom is -0.454 e. The van der Waals surface area contributed by atoms with Crippen molar-refractivity contribution in [2.24, 2.45) is 22.7 Å². The van der Waals surface area contributed by atoms with Crippen LogP contribution < -0.4 is 20.1 Å². The van der Waals surface area contributed by atoms with Crippen molar-refractivity contribution in [2.75, 3.05) is 18.7 Å². The summed E-state index contributed by atoms with van der Waals surface area (Å²) in [5, 5.41) is 28.3. The molecule has 4 aliphatic rings. The zero-order valence-electron chi connectivity index (χ0n) is 23.9. The number of nitrogens with zero attached hydrogens (tertiary/aromatic N) is 1. The topological polar surface area (TPSA) is 130 Å². The Morgan fingerprint density at radius 3 is 2.68 bits per heavy atom. The largest absolute Gasteiger partial charge is 0.454 e. The second kappa shape index (κ2) is 11.2. The predicted octanol–water partition coefficient (Wildman–Crippen LogP) is 4.51. The molecule has 0 radical (unpaired) electrons. The van der Waals surface area contributed by atoms with E-state index in [0.717, 1.165) is 48.2 Å². The van der Waals surface area contributed by atoms with Gasteiger partial charge in [0.25, 0.3) is 0 Å². The van der Waals surface area contributed by atoms with Gasteiger partial charge in [-0.25, -0.2) is 4.98 Å².